The van der Waals surface area contributed by atoms with Gasteiger partial charge in [0.05, 0.1) is 0 Å². The summed E-state index contributed by atoms with van der Waals surface area (Å²) in [6.45, 7) is 0. The van der Waals surface area contributed by atoms with Gasteiger partial charge < -0.3 is 15.9 Å². The Labute approximate surface area is 165 Å². The summed E-state index contributed by atoms with van der Waals surface area (Å²) in [6, 6.07) is 13.9. The monoisotopic (exact) mass is 413 g/mol. The minimum absolute atomic E-state index is 0.0167. The molecule has 0 bridgehead atoms. The number of hydrogen-bond donors (Lipinski definition) is 3. The Morgan fingerprint density at radius 3 is 2.11 bits per heavy atom. The SMILES string of the molecule is NC(CCSCCC(O)(c1ccc(-c2ccccc2)cc1)C(F)(F)F)C(=O)O. The Bertz CT molecular complexity index is 769. The lowest BCUT2D eigenvalue weighted by Gasteiger charge is -2.31. The largest absolute Gasteiger partial charge is 0.480 e. The van der Waals surface area contributed by atoms with Gasteiger partial charge in [-0.1, -0.05) is 54.6 Å². The lowest BCUT2D eigenvalue weighted by molar-refractivity contribution is -0.267. The van der Waals surface area contributed by atoms with Crippen LogP contribution in [-0.2, 0) is 10.4 Å². The zero-order chi connectivity index (χ0) is 20.8. The third-order valence-corrected chi connectivity index (χ3v) is 5.45. The predicted molar refractivity (Wildman–Crippen MR) is 104 cm³/mol. The van der Waals surface area contributed by atoms with E-state index in [2.05, 4.69) is 0 Å². The normalized spacial score (nSPS) is 15.0. The van der Waals surface area contributed by atoms with Crippen molar-refractivity contribution in [2.24, 2.45) is 5.73 Å². The fraction of sp³-hybridized carbons (Fsp3) is 0.350. The van der Waals surface area contributed by atoms with Crippen molar-refractivity contribution in [3.63, 3.8) is 0 Å². The summed E-state index contributed by atoms with van der Waals surface area (Å²) in [5.41, 5.74) is 3.80. The van der Waals surface area contributed by atoms with Gasteiger partial charge in [-0.15, -0.1) is 0 Å². The molecular weight excluding hydrogens is 391 g/mol. The molecule has 0 aliphatic heterocycles. The van der Waals surface area contributed by atoms with Crippen LogP contribution in [-0.4, -0.2) is 39.9 Å². The number of carboxylic acids is 1. The van der Waals surface area contributed by atoms with E-state index >= 15 is 0 Å². The molecular formula is C20H22F3NO3S. The van der Waals surface area contributed by atoms with Crippen molar-refractivity contribution in [3.8, 4) is 11.1 Å². The van der Waals surface area contributed by atoms with Gasteiger partial charge in [-0.25, -0.2) is 0 Å². The van der Waals surface area contributed by atoms with Crippen LogP contribution in [0.25, 0.3) is 11.1 Å². The highest BCUT2D eigenvalue weighted by Gasteiger charge is 2.54. The Morgan fingerprint density at radius 2 is 1.57 bits per heavy atom. The lowest BCUT2D eigenvalue weighted by atomic mass is 9.89. The molecule has 0 spiro atoms. The van der Waals surface area contributed by atoms with Crippen LogP contribution in [0.3, 0.4) is 0 Å². The number of carboxylic acid groups (broad SMARTS) is 1. The number of aliphatic carboxylic acids is 1. The summed E-state index contributed by atoms with van der Waals surface area (Å²) in [4.78, 5) is 10.6. The average Bonchev–Trinajstić information content (AvgIpc) is 2.67. The van der Waals surface area contributed by atoms with Crippen molar-refractivity contribution in [1.82, 2.24) is 0 Å². The number of rotatable bonds is 9. The Kier molecular flexibility index (Phi) is 7.51. The smallest absolute Gasteiger partial charge is 0.421 e. The van der Waals surface area contributed by atoms with Crippen LogP contribution in [0.15, 0.2) is 54.6 Å². The van der Waals surface area contributed by atoms with Gasteiger partial charge in [0, 0.05) is 0 Å². The molecule has 8 heteroatoms. The maximum Gasteiger partial charge on any atom is 0.421 e. The van der Waals surface area contributed by atoms with Crippen LogP contribution < -0.4 is 5.73 Å². The van der Waals surface area contributed by atoms with Crippen LogP contribution in [0.4, 0.5) is 13.2 Å². The number of benzene rings is 2. The number of thioether (sulfide) groups is 1. The lowest BCUT2D eigenvalue weighted by Crippen LogP contribution is -2.42. The highest BCUT2D eigenvalue weighted by Crippen LogP contribution is 2.42. The molecule has 0 radical (unpaired) electrons. The fourth-order valence-corrected chi connectivity index (χ4v) is 3.74. The molecule has 0 saturated carbocycles. The summed E-state index contributed by atoms with van der Waals surface area (Å²) in [7, 11) is 0. The standard InChI is InChI=1S/C20H22F3NO3S/c21-20(22,23)19(27,11-13-28-12-10-17(24)18(25)26)16-8-6-15(7-9-16)14-4-2-1-3-5-14/h1-9,17,27H,10-13,24H2,(H,25,26). The first kappa shape index (κ1) is 22.3. The Hall–Kier alpha value is -2.03. The van der Waals surface area contributed by atoms with E-state index in [1.54, 1.807) is 12.1 Å². The fourth-order valence-electron chi connectivity index (χ4n) is 2.67. The number of alkyl halides is 3. The van der Waals surface area contributed by atoms with Gasteiger partial charge in [0.25, 0.3) is 0 Å². The zero-order valence-electron chi connectivity index (χ0n) is 15.0. The van der Waals surface area contributed by atoms with Crippen molar-refractivity contribution in [1.29, 1.82) is 0 Å². The number of carbonyl (C=O) groups is 1. The first-order chi connectivity index (χ1) is 13.1. The van der Waals surface area contributed by atoms with Crippen LogP contribution in [0.5, 0.6) is 0 Å². The summed E-state index contributed by atoms with van der Waals surface area (Å²) < 4.78 is 40.8. The van der Waals surface area contributed by atoms with E-state index in [1.807, 2.05) is 30.3 Å². The van der Waals surface area contributed by atoms with Crippen LogP contribution in [0, 0.1) is 0 Å². The van der Waals surface area contributed by atoms with Crippen molar-refractivity contribution >= 4 is 17.7 Å². The van der Waals surface area contributed by atoms with Crippen molar-refractivity contribution in [3.05, 3.63) is 60.2 Å². The second-order valence-electron chi connectivity index (χ2n) is 6.40. The van der Waals surface area contributed by atoms with Crippen LogP contribution in [0.2, 0.25) is 0 Å². The minimum Gasteiger partial charge on any atom is -0.480 e. The highest BCUT2D eigenvalue weighted by atomic mass is 32.2. The molecule has 2 aromatic rings. The van der Waals surface area contributed by atoms with Crippen molar-refractivity contribution in [2.75, 3.05) is 11.5 Å². The molecule has 0 saturated heterocycles. The maximum absolute atomic E-state index is 13.6. The molecule has 2 unspecified atom stereocenters. The zero-order valence-corrected chi connectivity index (χ0v) is 15.8. The Morgan fingerprint density at radius 1 is 1.00 bits per heavy atom. The quantitative estimate of drug-likeness (QED) is 0.541. The van der Waals surface area contributed by atoms with Crippen LogP contribution in [0.1, 0.15) is 18.4 Å². The molecule has 2 aromatic carbocycles. The third-order valence-electron chi connectivity index (χ3n) is 4.44. The molecule has 28 heavy (non-hydrogen) atoms. The van der Waals surface area contributed by atoms with Gasteiger partial charge in [0.15, 0.2) is 5.60 Å². The van der Waals surface area contributed by atoms with Crippen LogP contribution >= 0.6 is 11.8 Å². The van der Waals surface area contributed by atoms with Gasteiger partial charge in [0.1, 0.15) is 6.04 Å². The number of hydrogen-bond acceptors (Lipinski definition) is 4. The van der Waals surface area contributed by atoms with Crippen molar-refractivity contribution < 1.29 is 28.2 Å². The van der Waals surface area contributed by atoms with E-state index in [0.717, 1.165) is 22.9 Å². The summed E-state index contributed by atoms with van der Waals surface area (Å²) in [5, 5.41) is 19.1. The molecule has 2 rings (SSSR count). The van der Waals surface area contributed by atoms with Gasteiger partial charge in [-0.2, -0.15) is 24.9 Å². The second-order valence-corrected chi connectivity index (χ2v) is 7.62. The molecule has 2 atom stereocenters. The summed E-state index contributed by atoms with van der Waals surface area (Å²) in [6.07, 6.45) is -5.22. The van der Waals surface area contributed by atoms with Gasteiger partial charge >= 0.3 is 12.1 Å². The van der Waals surface area contributed by atoms with E-state index < -0.39 is 30.2 Å². The second kappa shape index (κ2) is 9.45. The number of nitrogens with two attached hydrogens (primary N) is 1. The van der Waals surface area contributed by atoms with E-state index in [-0.39, 0.29) is 17.7 Å². The summed E-state index contributed by atoms with van der Waals surface area (Å²) >= 11 is 1.13. The topological polar surface area (TPSA) is 83.5 Å². The minimum atomic E-state index is -4.83. The Balaban J connectivity index is 2.07. The molecule has 0 aromatic heterocycles. The molecule has 152 valence electrons. The molecule has 0 aliphatic carbocycles. The molecule has 4 N–H and O–H groups in total. The third kappa shape index (κ3) is 5.50. The molecule has 0 amide bonds. The highest BCUT2D eigenvalue weighted by molar-refractivity contribution is 7.99. The van der Waals surface area contributed by atoms with Gasteiger partial charge in [0.2, 0.25) is 0 Å². The van der Waals surface area contributed by atoms with E-state index in [9.17, 15) is 23.1 Å². The summed E-state index contributed by atoms with van der Waals surface area (Å²) in [5.74, 6) is -0.831. The molecule has 0 fully saturated rings. The maximum atomic E-state index is 13.6. The van der Waals surface area contributed by atoms with Gasteiger partial charge in [-0.3, -0.25) is 4.79 Å². The van der Waals surface area contributed by atoms with Crippen molar-refractivity contribution in [2.45, 2.75) is 30.7 Å². The van der Waals surface area contributed by atoms with E-state index in [1.165, 1.54) is 12.1 Å². The van der Waals surface area contributed by atoms with Gasteiger partial charge in [-0.05, 0) is 41.0 Å². The predicted octanol–water partition coefficient (Wildman–Crippen LogP) is 4.03. The first-order valence-corrected chi connectivity index (χ1v) is 9.82. The molecule has 0 heterocycles. The number of halogens is 3. The average molecular weight is 413 g/mol. The van der Waals surface area contributed by atoms with E-state index in [0.29, 0.717) is 5.75 Å². The molecule has 0 aliphatic rings. The van der Waals surface area contributed by atoms with E-state index in [4.69, 9.17) is 10.8 Å². The first-order valence-electron chi connectivity index (χ1n) is 8.66. The molecule has 4 nitrogen and oxygen atoms in total. The number of aliphatic hydroxyl groups is 1.